The van der Waals surface area contributed by atoms with Crippen molar-refractivity contribution in [2.75, 3.05) is 37.1 Å². The van der Waals surface area contributed by atoms with Gasteiger partial charge in [-0.1, -0.05) is 15.9 Å². The lowest BCUT2D eigenvalue weighted by Crippen LogP contribution is -2.04. The fraction of sp³-hybridized carbons (Fsp3) is 0.250. The van der Waals surface area contributed by atoms with Gasteiger partial charge >= 0.3 is 0 Å². The number of aromatic nitrogens is 2. The summed E-state index contributed by atoms with van der Waals surface area (Å²) in [5, 5.41) is 23.7. The molecule has 0 aliphatic rings. The smallest absolute Gasteiger partial charge is 0.174 e. The SMILES string of the molecule is CNc1nn(-c2ccc(Br)cc2O)c(NC)c1NC. The molecule has 1 aromatic carbocycles. The Morgan fingerprint density at radius 1 is 1.16 bits per heavy atom. The summed E-state index contributed by atoms with van der Waals surface area (Å²) in [6.07, 6.45) is 0. The molecule has 0 spiro atoms. The highest BCUT2D eigenvalue weighted by Gasteiger charge is 2.18. The highest BCUT2D eigenvalue weighted by Crippen LogP contribution is 2.35. The second kappa shape index (κ2) is 5.40. The average Bonchev–Trinajstić information content (AvgIpc) is 2.76. The highest BCUT2D eigenvalue weighted by atomic mass is 79.9. The molecule has 2 aromatic rings. The summed E-state index contributed by atoms with van der Waals surface area (Å²) in [5.74, 6) is 1.62. The van der Waals surface area contributed by atoms with Crippen molar-refractivity contribution in [2.24, 2.45) is 0 Å². The summed E-state index contributed by atoms with van der Waals surface area (Å²) in [7, 11) is 5.43. The van der Waals surface area contributed by atoms with Crippen molar-refractivity contribution >= 4 is 33.3 Å². The standard InChI is InChI=1S/C12H16BrN5O/c1-14-10-11(15-2)17-18(12(10)16-3)8-5-4-7(13)6-9(8)19/h4-6,14,16,19H,1-3H3,(H,15,17). The third kappa shape index (κ3) is 2.33. The molecule has 1 heterocycles. The zero-order valence-electron chi connectivity index (χ0n) is 11.0. The Balaban J connectivity index is 2.64. The molecule has 0 aliphatic carbocycles. The molecule has 0 atom stereocenters. The Morgan fingerprint density at radius 2 is 1.89 bits per heavy atom. The van der Waals surface area contributed by atoms with Crippen LogP contribution < -0.4 is 16.0 Å². The van der Waals surface area contributed by atoms with Gasteiger partial charge < -0.3 is 21.1 Å². The number of hydrogen-bond acceptors (Lipinski definition) is 5. The van der Waals surface area contributed by atoms with E-state index in [0.717, 1.165) is 16.0 Å². The summed E-state index contributed by atoms with van der Waals surface area (Å²) in [5.41, 5.74) is 1.44. The third-order valence-electron chi connectivity index (χ3n) is 2.77. The first-order valence-electron chi connectivity index (χ1n) is 5.77. The molecule has 0 saturated carbocycles. The zero-order valence-corrected chi connectivity index (χ0v) is 12.5. The number of halogens is 1. The predicted octanol–water partition coefficient (Wildman–Crippen LogP) is 2.47. The van der Waals surface area contributed by atoms with E-state index in [1.54, 1.807) is 23.9 Å². The van der Waals surface area contributed by atoms with E-state index < -0.39 is 0 Å². The molecular formula is C12H16BrN5O. The normalized spacial score (nSPS) is 10.3. The van der Waals surface area contributed by atoms with Gasteiger partial charge in [-0.25, -0.2) is 4.68 Å². The molecule has 0 unspecified atom stereocenters. The summed E-state index contributed by atoms with van der Waals surface area (Å²) in [4.78, 5) is 0. The van der Waals surface area contributed by atoms with Gasteiger partial charge in [-0.2, -0.15) is 0 Å². The van der Waals surface area contributed by atoms with E-state index in [2.05, 4.69) is 37.0 Å². The molecule has 0 fully saturated rings. The van der Waals surface area contributed by atoms with Gasteiger partial charge in [0.15, 0.2) is 11.6 Å². The van der Waals surface area contributed by atoms with Crippen LogP contribution >= 0.6 is 15.9 Å². The molecular weight excluding hydrogens is 310 g/mol. The minimum absolute atomic E-state index is 0.152. The second-order valence-electron chi connectivity index (χ2n) is 3.87. The van der Waals surface area contributed by atoms with Crippen LogP contribution in [0, 0.1) is 0 Å². The molecule has 102 valence electrons. The molecule has 7 heteroatoms. The fourth-order valence-electron chi connectivity index (χ4n) is 1.91. The number of phenolic OH excluding ortho intramolecular Hbond substituents is 1. The van der Waals surface area contributed by atoms with Gasteiger partial charge in [0.25, 0.3) is 0 Å². The van der Waals surface area contributed by atoms with Gasteiger partial charge in [0.05, 0.1) is 0 Å². The van der Waals surface area contributed by atoms with E-state index in [4.69, 9.17) is 0 Å². The lowest BCUT2D eigenvalue weighted by molar-refractivity contribution is 0.470. The first kappa shape index (κ1) is 13.5. The molecule has 0 radical (unpaired) electrons. The maximum Gasteiger partial charge on any atom is 0.174 e. The van der Waals surface area contributed by atoms with Crippen molar-refractivity contribution < 1.29 is 5.11 Å². The maximum absolute atomic E-state index is 10.1. The highest BCUT2D eigenvalue weighted by molar-refractivity contribution is 9.10. The quantitative estimate of drug-likeness (QED) is 0.695. The predicted molar refractivity (Wildman–Crippen MR) is 81.6 cm³/mol. The fourth-order valence-corrected chi connectivity index (χ4v) is 2.26. The summed E-state index contributed by atoms with van der Waals surface area (Å²) < 4.78 is 2.47. The van der Waals surface area contributed by atoms with Crippen LogP contribution in [0.3, 0.4) is 0 Å². The minimum Gasteiger partial charge on any atom is -0.506 e. The van der Waals surface area contributed by atoms with Crippen molar-refractivity contribution in [1.29, 1.82) is 0 Å². The van der Waals surface area contributed by atoms with Crippen LogP contribution in [-0.4, -0.2) is 36.0 Å². The number of hydrogen-bond donors (Lipinski definition) is 4. The van der Waals surface area contributed by atoms with Gasteiger partial charge in [0.2, 0.25) is 0 Å². The van der Waals surface area contributed by atoms with Crippen molar-refractivity contribution in [3.63, 3.8) is 0 Å². The lowest BCUT2D eigenvalue weighted by atomic mass is 10.3. The monoisotopic (exact) mass is 325 g/mol. The van der Waals surface area contributed by atoms with Crippen LogP contribution in [0.2, 0.25) is 0 Å². The third-order valence-corrected chi connectivity index (χ3v) is 3.27. The maximum atomic E-state index is 10.1. The molecule has 0 saturated heterocycles. The molecule has 1 aromatic heterocycles. The number of anilines is 3. The Labute approximate surface area is 120 Å². The zero-order chi connectivity index (χ0) is 14.0. The van der Waals surface area contributed by atoms with Crippen molar-refractivity contribution in [2.45, 2.75) is 0 Å². The van der Waals surface area contributed by atoms with Gasteiger partial charge in [-0.15, -0.1) is 5.10 Å². The average molecular weight is 326 g/mol. The van der Waals surface area contributed by atoms with Crippen LogP contribution in [-0.2, 0) is 0 Å². The van der Waals surface area contributed by atoms with E-state index in [1.165, 1.54) is 0 Å². The molecule has 0 amide bonds. The summed E-state index contributed by atoms with van der Waals surface area (Å²) in [6.45, 7) is 0. The number of benzene rings is 1. The van der Waals surface area contributed by atoms with E-state index >= 15 is 0 Å². The summed E-state index contributed by atoms with van der Waals surface area (Å²) >= 11 is 3.32. The van der Waals surface area contributed by atoms with Gasteiger partial charge in [-0.05, 0) is 18.2 Å². The van der Waals surface area contributed by atoms with Crippen LogP contribution in [0.25, 0.3) is 5.69 Å². The number of aromatic hydroxyl groups is 1. The van der Waals surface area contributed by atoms with E-state index in [0.29, 0.717) is 11.5 Å². The summed E-state index contributed by atoms with van der Waals surface area (Å²) in [6, 6.07) is 5.29. The number of rotatable bonds is 4. The number of nitrogens with one attached hydrogen (secondary N) is 3. The minimum atomic E-state index is 0.152. The second-order valence-corrected chi connectivity index (χ2v) is 4.78. The molecule has 4 N–H and O–H groups in total. The van der Waals surface area contributed by atoms with Crippen LogP contribution in [0.1, 0.15) is 0 Å². The Kier molecular flexibility index (Phi) is 3.84. The molecule has 6 nitrogen and oxygen atoms in total. The van der Waals surface area contributed by atoms with Gasteiger partial charge in [0, 0.05) is 25.6 Å². The van der Waals surface area contributed by atoms with Crippen LogP contribution in [0.4, 0.5) is 17.3 Å². The number of nitrogens with zero attached hydrogens (tertiary/aromatic N) is 2. The molecule has 0 bridgehead atoms. The van der Waals surface area contributed by atoms with E-state index in [9.17, 15) is 5.11 Å². The van der Waals surface area contributed by atoms with E-state index in [1.807, 2.05) is 20.2 Å². The van der Waals surface area contributed by atoms with Crippen molar-refractivity contribution in [3.8, 4) is 11.4 Å². The van der Waals surface area contributed by atoms with Crippen LogP contribution in [0.15, 0.2) is 22.7 Å². The van der Waals surface area contributed by atoms with Crippen LogP contribution in [0.5, 0.6) is 5.75 Å². The Morgan fingerprint density at radius 3 is 2.42 bits per heavy atom. The first-order valence-corrected chi connectivity index (χ1v) is 6.56. The lowest BCUT2D eigenvalue weighted by Gasteiger charge is -2.10. The number of phenols is 1. The molecule has 2 rings (SSSR count). The molecule has 0 aliphatic heterocycles. The Hall–Kier alpha value is -1.89. The van der Waals surface area contributed by atoms with E-state index in [-0.39, 0.29) is 5.75 Å². The molecule has 19 heavy (non-hydrogen) atoms. The first-order chi connectivity index (χ1) is 9.12. The largest absolute Gasteiger partial charge is 0.506 e. The van der Waals surface area contributed by atoms with Crippen molar-refractivity contribution in [3.05, 3.63) is 22.7 Å². The van der Waals surface area contributed by atoms with Gasteiger partial charge in [-0.3, -0.25) is 0 Å². The van der Waals surface area contributed by atoms with Gasteiger partial charge in [0.1, 0.15) is 17.1 Å². The Bertz CT molecular complexity index is 596. The topological polar surface area (TPSA) is 74.1 Å². The van der Waals surface area contributed by atoms with Crippen molar-refractivity contribution in [1.82, 2.24) is 9.78 Å².